The molecular weight excluding hydrogens is 301 g/mol. The predicted molar refractivity (Wildman–Crippen MR) is 85.7 cm³/mol. The normalized spacial score (nSPS) is 12.5. The van der Waals surface area contributed by atoms with Crippen LogP contribution in [-0.4, -0.2) is 41.1 Å². The first-order valence-corrected chi connectivity index (χ1v) is 7.29. The van der Waals surface area contributed by atoms with Crippen LogP contribution in [0.3, 0.4) is 0 Å². The van der Waals surface area contributed by atoms with Crippen LogP contribution in [-0.2, 0) is 16.1 Å². The number of hydrogen-bond acceptors (Lipinski definition) is 5. The molecule has 1 aromatic carbocycles. The fraction of sp³-hybridized carbons (Fsp3) is 0.500. The number of nitrogens with two attached hydrogens (primary N) is 1. The quantitative estimate of drug-likeness (QED) is 0.275. The minimum Gasteiger partial charge on any atom is -0.460 e. The summed E-state index contributed by atoms with van der Waals surface area (Å²) in [4.78, 5) is 13.5. The predicted octanol–water partition coefficient (Wildman–Crippen LogP) is 2.08. The second-order valence-electron chi connectivity index (χ2n) is 6.37. The lowest BCUT2D eigenvalue weighted by Gasteiger charge is -2.21. The zero-order valence-electron chi connectivity index (χ0n) is 14.0. The minimum absolute atomic E-state index is 0.145. The van der Waals surface area contributed by atoms with Crippen LogP contribution >= 0.6 is 0 Å². The van der Waals surface area contributed by atoms with Gasteiger partial charge >= 0.3 is 5.97 Å². The monoisotopic (exact) mass is 325 g/mol. The van der Waals surface area contributed by atoms with E-state index in [2.05, 4.69) is 5.16 Å². The molecule has 0 unspecified atom stereocenters. The number of halogens is 1. The third-order valence-corrected chi connectivity index (χ3v) is 3.01. The molecule has 0 heterocycles. The van der Waals surface area contributed by atoms with Gasteiger partial charge in [0.1, 0.15) is 11.4 Å². The Kier molecular flexibility index (Phi) is 6.50. The largest absolute Gasteiger partial charge is 0.460 e. The molecule has 1 aromatic rings. The zero-order chi connectivity index (χ0) is 17.6. The van der Waals surface area contributed by atoms with Crippen molar-refractivity contribution in [2.75, 3.05) is 13.6 Å². The molecular formula is C16H24FN3O3. The van der Waals surface area contributed by atoms with Gasteiger partial charge in [-0.2, -0.15) is 0 Å². The average molecular weight is 325 g/mol. The van der Waals surface area contributed by atoms with Gasteiger partial charge in [-0.1, -0.05) is 17.3 Å². The molecule has 0 radical (unpaired) electrons. The highest BCUT2D eigenvalue weighted by Gasteiger charge is 2.17. The van der Waals surface area contributed by atoms with Gasteiger partial charge in [0.05, 0.1) is 6.42 Å². The van der Waals surface area contributed by atoms with Gasteiger partial charge in [-0.3, -0.25) is 4.79 Å². The summed E-state index contributed by atoms with van der Waals surface area (Å²) in [5, 5.41) is 11.4. The van der Waals surface area contributed by atoms with Crippen molar-refractivity contribution in [3.05, 3.63) is 35.1 Å². The summed E-state index contributed by atoms with van der Waals surface area (Å²) in [7, 11) is 1.79. The van der Waals surface area contributed by atoms with E-state index in [0.717, 1.165) is 0 Å². The minimum atomic E-state index is -0.508. The average Bonchev–Trinajstić information content (AvgIpc) is 2.44. The summed E-state index contributed by atoms with van der Waals surface area (Å²) < 4.78 is 19.2. The molecule has 0 bridgehead atoms. The highest BCUT2D eigenvalue weighted by molar-refractivity contribution is 5.97. The van der Waals surface area contributed by atoms with Gasteiger partial charge in [0.15, 0.2) is 5.84 Å². The van der Waals surface area contributed by atoms with E-state index < -0.39 is 11.4 Å². The SMILES string of the molecule is CN(CCC(=O)OC(C)(C)C)Cc1ccc(/C(N)=N/O)cc1F. The maximum Gasteiger partial charge on any atom is 0.307 e. The molecule has 0 amide bonds. The molecule has 0 saturated carbocycles. The van der Waals surface area contributed by atoms with E-state index in [-0.39, 0.29) is 18.2 Å². The number of nitrogens with zero attached hydrogens (tertiary/aromatic N) is 2. The Morgan fingerprint density at radius 2 is 2.09 bits per heavy atom. The Bertz CT molecular complexity index is 582. The van der Waals surface area contributed by atoms with E-state index in [1.807, 2.05) is 25.7 Å². The van der Waals surface area contributed by atoms with Crippen molar-refractivity contribution in [3.63, 3.8) is 0 Å². The lowest BCUT2D eigenvalue weighted by Crippen LogP contribution is -2.27. The summed E-state index contributed by atoms with van der Waals surface area (Å²) in [5.74, 6) is -0.876. The molecule has 0 aliphatic rings. The smallest absolute Gasteiger partial charge is 0.307 e. The maximum atomic E-state index is 14.0. The number of oxime groups is 1. The summed E-state index contributed by atoms with van der Waals surface area (Å²) in [5.41, 5.74) is 5.68. The molecule has 0 aliphatic heterocycles. The standard InChI is InChI=1S/C16H24FN3O3/c1-16(2,3)23-14(21)7-8-20(4)10-12-6-5-11(9-13(12)17)15(18)19-22/h5-6,9,22H,7-8,10H2,1-4H3,(H2,18,19). The maximum absolute atomic E-state index is 14.0. The van der Waals surface area contributed by atoms with E-state index in [9.17, 15) is 9.18 Å². The van der Waals surface area contributed by atoms with Crippen LogP contribution in [0.1, 0.15) is 38.3 Å². The number of carbonyl (C=O) groups is 1. The summed E-state index contributed by atoms with van der Waals surface area (Å²) in [6, 6.07) is 4.37. The number of benzene rings is 1. The van der Waals surface area contributed by atoms with Crippen molar-refractivity contribution in [1.29, 1.82) is 0 Å². The van der Waals surface area contributed by atoms with Gasteiger partial charge in [0, 0.05) is 24.2 Å². The zero-order valence-corrected chi connectivity index (χ0v) is 14.0. The molecule has 0 fully saturated rings. The Morgan fingerprint density at radius 1 is 1.43 bits per heavy atom. The molecule has 7 heteroatoms. The van der Waals surface area contributed by atoms with Crippen LogP contribution in [0.4, 0.5) is 4.39 Å². The first kappa shape index (κ1) is 18.9. The number of hydrogen-bond donors (Lipinski definition) is 2. The lowest BCUT2D eigenvalue weighted by atomic mass is 10.1. The van der Waals surface area contributed by atoms with Gasteiger partial charge in [-0.15, -0.1) is 0 Å². The Hall–Kier alpha value is -2.15. The second-order valence-corrected chi connectivity index (χ2v) is 6.37. The third-order valence-electron chi connectivity index (χ3n) is 3.01. The molecule has 1 rings (SSSR count). The third kappa shape index (κ3) is 6.65. The fourth-order valence-corrected chi connectivity index (χ4v) is 1.94. The molecule has 128 valence electrons. The van der Waals surface area contributed by atoms with Crippen LogP contribution < -0.4 is 5.73 Å². The van der Waals surface area contributed by atoms with Crippen LogP contribution in [0.25, 0.3) is 0 Å². The molecule has 0 atom stereocenters. The van der Waals surface area contributed by atoms with Crippen molar-refractivity contribution < 1.29 is 19.1 Å². The Balaban J connectivity index is 2.58. The summed E-state index contributed by atoms with van der Waals surface area (Å²) in [6.45, 7) is 6.23. The van der Waals surface area contributed by atoms with Gasteiger partial charge in [-0.25, -0.2) is 4.39 Å². The van der Waals surface area contributed by atoms with Crippen molar-refractivity contribution in [2.24, 2.45) is 10.9 Å². The van der Waals surface area contributed by atoms with Gasteiger partial charge in [0.2, 0.25) is 0 Å². The van der Waals surface area contributed by atoms with Gasteiger partial charge in [0.25, 0.3) is 0 Å². The van der Waals surface area contributed by atoms with Gasteiger partial charge in [-0.05, 0) is 33.9 Å². The van der Waals surface area contributed by atoms with E-state index in [4.69, 9.17) is 15.7 Å². The first-order chi connectivity index (χ1) is 10.6. The van der Waals surface area contributed by atoms with Crippen molar-refractivity contribution in [1.82, 2.24) is 4.90 Å². The van der Waals surface area contributed by atoms with Crippen LogP contribution in [0.2, 0.25) is 0 Å². The number of ether oxygens (including phenoxy) is 1. The van der Waals surface area contributed by atoms with Crippen LogP contribution in [0, 0.1) is 5.82 Å². The van der Waals surface area contributed by atoms with Crippen LogP contribution in [0.15, 0.2) is 23.4 Å². The fourth-order valence-electron chi connectivity index (χ4n) is 1.94. The van der Waals surface area contributed by atoms with Crippen molar-refractivity contribution in [3.8, 4) is 0 Å². The number of rotatable bonds is 6. The molecule has 0 spiro atoms. The summed E-state index contributed by atoms with van der Waals surface area (Å²) in [6.07, 6.45) is 0.234. The summed E-state index contributed by atoms with van der Waals surface area (Å²) >= 11 is 0. The van der Waals surface area contributed by atoms with Gasteiger partial charge < -0.3 is 20.6 Å². The molecule has 6 nitrogen and oxygen atoms in total. The Morgan fingerprint density at radius 3 is 2.61 bits per heavy atom. The molecule has 0 aliphatic carbocycles. The molecule has 3 N–H and O–H groups in total. The number of esters is 1. The first-order valence-electron chi connectivity index (χ1n) is 7.29. The van der Waals surface area contributed by atoms with E-state index >= 15 is 0 Å². The second kappa shape index (κ2) is 7.92. The topological polar surface area (TPSA) is 88.2 Å². The van der Waals surface area contributed by atoms with E-state index in [1.54, 1.807) is 19.2 Å². The van der Waals surface area contributed by atoms with E-state index in [0.29, 0.717) is 24.2 Å². The Labute approximate surface area is 135 Å². The highest BCUT2D eigenvalue weighted by Crippen LogP contribution is 2.13. The van der Waals surface area contributed by atoms with Crippen LogP contribution in [0.5, 0.6) is 0 Å². The highest BCUT2D eigenvalue weighted by atomic mass is 19.1. The van der Waals surface area contributed by atoms with E-state index in [1.165, 1.54) is 6.07 Å². The number of carbonyl (C=O) groups excluding carboxylic acids is 1. The molecule has 0 aromatic heterocycles. The van der Waals surface area contributed by atoms with Crippen molar-refractivity contribution >= 4 is 11.8 Å². The molecule has 0 saturated heterocycles. The molecule has 23 heavy (non-hydrogen) atoms. The number of amidine groups is 1. The van der Waals surface area contributed by atoms with Crippen molar-refractivity contribution in [2.45, 2.75) is 39.3 Å². The lowest BCUT2D eigenvalue weighted by molar-refractivity contribution is -0.155.